The molecule has 3 aromatic rings. The van der Waals surface area contributed by atoms with Crippen LogP contribution in [0.1, 0.15) is 33.7 Å². The number of nitrogens with one attached hydrogen (secondary N) is 3. The maximum Gasteiger partial charge on any atom is 0.271 e. The molecule has 2 aromatic carbocycles. The largest absolute Gasteiger partial charge is 0.364 e. The minimum Gasteiger partial charge on any atom is -0.364 e. The molecule has 0 spiro atoms. The molecule has 1 unspecified atom stereocenters. The zero-order valence-electron chi connectivity index (χ0n) is 17.1. The number of hydrogen-bond donors (Lipinski definition) is 4. The van der Waals surface area contributed by atoms with Gasteiger partial charge in [0.1, 0.15) is 11.5 Å². The number of nitrogens with two attached hydrogens (primary N) is 1. The Bertz CT molecular complexity index is 1120. The molecule has 2 amide bonds. The maximum absolute atomic E-state index is 14.3. The molecule has 166 valence electrons. The van der Waals surface area contributed by atoms with Crippen molar-refractivity contribution < 1.29 is 14.0 Å². The maximum atomic E-state index is 14.3. The fourth-order valence-corrected chi connectivity index (χ4v) is 3.82. The second-order valence-electron chi connectivity index (χ2n) is 7.49. The Morgan fingerprint density at radius 1 is 1.22 bits per heavy atom. The Morgan fingerprint density at radius 2 is 2.00 bits per heavy atom. The van der Waals surface area contributed by atoms with Gasteiger partial charge in [0, 0.05) is 23.8 Å². The minimum absolute atomic E-state index is 0.00828. The number of amides is 2. The van der Waals surface area contributed by atoms with E-state index < -0.39 is 11.7 Å². The number of rotatable bonds is 6. The molecule has 0 aliphatic carbocycles. The molecule has 0 bridgehead atoms. The number of para-hydroxylation sites is 1. The lowest BCUT2D eigenvalue weighted by Crippen LogP contribution is -2.45. The van der Waals surface area contributed by atoms with Gasteiger partial charge in [-0.2, -0.15) is 5.10 Å². The lowest BCUT2D eigenvalue weighted by atomic mass is 10.1. The van der Waals surface area contributed by atoms with Crippen LogP contribution in [-0.4, -0.2) is 40.7 Å². The summed E-state index contributed by atoms with van der Waals surface area (Å²) in [5.41, 5.74) is 6.78. The molecule has 1 aliphatic rings. The summed E-state index contributed by atoms with van der Waals surface area (Å²) < 4.78 is 15.4. The van der Waals surface area contributed by atoms with E-state index in [0.29, 0.717) is 11.3 Å². The van der Waals surface area contributed by atoms with Gasteiger partial charge >= 0.3 is 0 Å². The van der Waals surface area contributed by atoms with Crippen molar-refractivity contribution >= 4 is 34.8 Å². The van der Waals surface area contributed by atoms with E-state index in [2.05, 4.69) is 21.0 Å². The van der Waals surface area contributed by atoms with Crippen LogP contribution in [0.5, 0.6) is 0 Å². The Labute approximate surface area is 188 Å². The quantitative estimate of drug-likeness (QED) is 0.455. The molecule has 1 aromatic heterocycles. The summed E-state index contributed by atoms with van der Waals surface area (Å²) in [6, 6.07) is 11.1. The highest BCUT2D eigenvalue weighted by Gasteiger charge is 2.19. The second-order valence-corrected chi connectivity index (χ2v) is 7.90. The van der Waals surface area contributed by atoms with Gasteiger partial charge in [-0.15, -0.1) is 0 Å². The van der Waals surface area contributed by atoms with Crippen LogP contribution in [0.4, 0.5) is 15.8 Å². The van der Waals surface area contributed by atoms with Crippen LogP contribution in [0.3, 0.4) is 0 Å². The lowest BCUT2D eigenvalue weighted by Gasteiger charge is -2.23. The summed E-state index contributed by atoms with van der Waals surface area (Å²) >= 11 is 6.10. The summed E-state index contributed by atoms with van der Waals surface area (Å²) in [6.45, 7) is 1.73. The molecule has 5 N–H and O–H groups in total. The first-order valence-corrected chi connectivity index (χ1v) is 10.5. The van der Waals surface area contributed by atoms with Gasteiger partial charge < -0.3 is 21.7 Å². The van der Waals surface area contributed by atoms with Crippen LogP contribution in [-0.2, 0) is 0 Å². The molecule has 1 aliphatic heterocycles. The first kappa shape index (κ1) is 21.8. The average Bonchev–Trinajstić information content (AvgIpc) is 3.18. The molecule has 2 heterocycles. The van der Waals surface area contributed by atoms with Gasteiger partial charge in [0.25, 0.3) is 11.8 Å². The SMILES string of the molecule is NC(=O)c1nn(-c2c(F)cccc2Cl)cc1Nc1ccc(C(=O)NC2CCCNC2)cc1. The molecule has 8 nitrogen and oxygen atoms in total. The minimum atomic E-state index is -0.782. The highest BCUT2D eigenvalue weighted by molar-refractivity contribution is 6.32. The summed E-state index contributed by atoms with van der Waals surface area (Å²) in [6.07, 6.45) is 3.41. The molecular weight excluding hydrogens is 435 g/mol. The van der Waals surface area contributed by atoms with Gasteiger partial charge in [0.05, 0.1) is 16.9 Å². The molecule has 1 saturated heterocycles. The van der Waals surface area contributed by atoms with Gasteiger partial charge in [0.15, 0.2) is 5.69 Å². The predicted molar refractivity (Wildman–Crippen MR) is 120 cm³/mol. The second kappa shape index (κ2) is 9.37. The van der Waals surface area contributed by atoms with Crippen LogP contribution < -0.4 is 21.7 Å². The Morgan fingerprint density at radius 3 is 2.66 bits per heavy atom. The third-order valence-electron chi connectivity index (χ3n) is 5.17. The van der Waals surface area contributed by atoms with Crippen molar-refractivity contribution in [2.75, 3.05) is 18.4 Å². The van der Waals surface area contributed by atoms with E-state index in [9.17, 15) is 14.0 Å². The molecule has 32 heavy (non-hydrogen) atoms. The van der Waals surface area contributed by atoms with E-state index in [4.69, 9.17) is 17.3 Å². The van der Waals surface area contributed by atoms with Crippen LogP contribution >= 0.6 is 11.6 Å². The normalized spacial score (nSPS) is 15.9. The number of carbonyl (C=O) groups excluding carboxylic acids is 2. The summed E-state index contributed by atoms with van der Waals surface area (Å²) in [5.74, 6) is -1.52. The molecule has 1 atom stereocenters. The zero-order chi connectivity index (χ0) is 22.7. The smallest absolute Gasteiger partial charge is 0.271 e. The molecule has 0 radical (unpaired) electrons. The van der Waals surface area contributed by atoms with Crippen molar-refractivity contribution in [2.24, 2.45) is 5.73 Å². The van der Waals surface area contributed by atoms with Crippen LogP contribution in [0.25, 0.3) is 5.69 Å². The number of benzene rings is 2. The summed E-state index contributed by atoms with van der Waals surface area (Å²) in [5, 5.41) is 13.5. The predicted octanol–water partition coefficient (Wildman–Crippen LogP) is 2.99. The molecule has 1 fully saturated rings. The number of hydrogen-bond acceptors (Lipinski definition) is 5. The summed E-state index contributed by atoms with van der Waals surface area (Å²) in [4.78, 5) is 24.3. The van der Waals surface area contributed by atoms with Gasteiger partial charge in [0.2, 0.25) is 0 Å². The Balaban J connectivity index is 1.53. The van der Waals surface area contributed by atoms with E-state index in [-0.39, 0.29) is 34.0 Å². The number of halogens is 2. The molecular formula is C22H22ClFN6O2. The van der Waals surface area contributed by atoms with E-state index >= 15 is 0 Å². The van der Waals surface area contributed by atoms with Crippen LogP contribution in [0.2, 0.25) is 5.02 Å². The van der Waals surface area contributed by atoms with Crippen molar-refractivity contribution in [3.63, 3.8) is 0 Å². The van der Waals surface area contributed by atoms with E-state index in [1.165, 1.54) is 29.1 Å². The lowest BCUT2D eigenvalue weighted by molar-refractivity contribution is 0.0929. The van der Waals surface area contributed by atoms with Crippen molar-refractivity contribution in [2.45, 2.75) is 18.9 Å². The molecule has 4 rings (SSSR count). The fraction of sp³-hybridized carbons (Fsp3) is 0.227. The highest BCUT2D eigenvalue weighted by atomic mass is 35.5. The molecule has 0 saturated carbocycles. The number of piperidine rings is 1. The Hall–Kier alpha value is -3.43. The van der Waals surface area contributed by atoms with E-state index in [1.807, 2.05) is 0 Å². The van der Waals surface area contributed by atoms with Crippen molar-refractivity contribution in [1.82, 2.24) is 20.4 Å². The third kappa shape index (κ3) is 4.74. The van der Waals surface area contributed by atoms with Crippen LogP contribution in [0, 0.1) is 5.82 Å². The van der Waals surface area contributed by atoms with Gasteiger partial charge in [-0.1, -0.05) is 17.7 Å². The van der Waals surface area contributed by atoms with Gasteiger partial charge in [-0.3, -0.25) is 9.59 Å². The van der Waals surface area contributed by atoms with Gasteiger partial charge in [-0.05, 0) is 55.8 Å². The number of primary amides is 1. The van der Waals surface area contributed by atoms with Crippen molar-refractivity contribution in [1.29, 1.82) is 0 Å². The Kier molecular flexibility index (Phi) is 6.38. The third-order valence-corrected chi connectivity index (χ3v) is 5.48. The van der Waals surface area contributed by atoms with E-state index in [1.54, 1.807) is 24.3 Å². The average molecular weight is 457 g/mol. The monoisotopic (exact) mass is 456 g/mol. The van der Waals surface area contributed by atoms with Gasteiger partial charge in [-0.25, -0.2) is 9.07 Å². The first-order valence-electron chi connectivity index (χ1n) is 10.1. The standard InChI is InChI=1S/C22H22ClFN6O2/c23-16-4-1-5-17(24)20(16)30-12-18(19(29-30)21(25)31)27-14-8-6-13(7-9-14)22(32)28-15-3-2-10-26-11-15/h1,4-9,12,15,26-27H,2-3,10-11H2,(H2,25,31)(H,28,32). The van der Waals surface area contributed by atoms with Crippen molar-refractivity contribution in [3.05, 3.63) is 70.8 Å². The first-order chi connectivity index (χ1) is 15.4. The highest BCUT2D eigenvalue weighted by Crippen LogP contribution is 2.27. The van der Waals surface area contributed by atoms with Crippen LogP contribution in [0.15, 0.2) is 48.7 Å². The van der Waals surface area contributed by atoms with E-state index in [0.717, 1.165) is 25.9 Å². The zero-order valence-corrected chi connectivity index (χ0v) is 17.8. The molecule has 10 heteroatoms. The number of anilines is 2. The number of nitrogens with zero attached hydrogens (tertiary/aromatic N) is 2. The van der Waals surface area contributed by atoms with Crippen molar-refractivity contribution in [3.8, 4) is 5.69 Å². The number of aromatic nitrogens is 2. The topological polar surface area (TPSA) is 114 Å². The summed E-state index contributed by atoms with van der Waals surface area (Å²) in [7, 11) is 0. The fourth-order valence-electron chi connectivity index (χ4n) is 3.57. The number of carbonyl (C=O) groups is 2.